The molecule has 0 aliphatic carbocycles. The van der Waals surface area contributed by atoms with E-state index in [0.717, 1.165) is 31.6 Å². The molecule has 2 aromatic rings. The maximum Gasteiger partial charge on any atom is 0.490 e. The number of hydrogen-bond donors (Lipinski definition) is 3. The van der Waals surface area contributed by atoms with Gasteiger partial charge in [0.05, 0.1) is 11.8 Å². The third kappa shape index (κ3) is 10.6. The van der Waals surface area contributed by atoms with E-state index in [1.165, 1.54) is 5.56 Å². The second kappa shape index (κ2) is 12.9. The van der Waals surface area contributed by atoms with Crippen molar-refractivity contribution in [1.82, 2.24) is 9.88 Å². The van der Waals surface area contributed by atoms with Gasteiger partial charge in [-0.2, -0.15) is 26.3 Å². The highest BCUT2D eigenvalue weighted by molar-refractivity contribution is 5.73. The molecule has 0 saturated carbocycles. The Bertz CT molecular complexity index is 870. The molecule has 188 valence electrons. The van der Waals surface area contributed by atoms with E-state index in [9.17, 15) is 31.4 Å². The largest absolute Gasteiger partial charge is 0.490 e. The summed E-state index contributed by atoms with van der Waals surface area (Å²) in [6.07, 6.45) is -6.83. The Labute approximate surface area is 190 Å². The third-order valence-corrected chi connectivity index (χ3v) is 4.49. The van der Waals surface area contributed by atoms with Crippen molar-refractivity contribution in [3.63, 3.8) is 0 Å². The average Bonchev–Trinajstić information content (AvgIpc) is 3.08. The second-order valence-electron chi connectivity index (χ2n) is 7.01. The fourth-order valence-corrected chi connectivity index (χ4v) is 2.92. The van der Waals surface area contributed by atoms with Gasteiger partial charge in [0.25, 0.3) is 0 Å². The molecule has 1 aliphatic rings. The maximum absolute atomic E-state index is 10.6. The van der Waals surface area contributed by atoms with E-state index in [4.69, 9.17) is 19.8 Å². The van der Waals surface area contributed by atoms with E-state index in [1.54, 1.807) is 0 Å². The summed E-state index contributed by atoms with van der Waals surface area (Å²) in [6.45, 7) is 1.75. The van der Waals surface area contributed by atoms with Crippen LogP contribution in [0.25, 0.3) is 0 Å². The van der Waals surface area contributed by atoms with Crippen molar-refractivity contribution in [2.75, 3.05) is 6.54 Å². The van der Waals surface area contributed by atoms with Crippen LogP contribution in [0.2, 0.25) is 0 Å². The van der Waals surface area contributed by atoms with E-state index in [0.29, 0.717) is 0 Å². The molecule has 3 N–H and O–H groups in total. The monoisotopic (exact) mass is 496 g/mol. The summed E-state index contributed by atoms with van der Waals surface area (Å²) in [7, 11) is 0. The molecule has 1 saturated heterocycles. The topological polar surface area (TPSA) is 111 Å². The number of likely N-dealkylation sites (tertiary alicyclic amines) is 1. The molecule has 1 aromatic carbocycles. The first kappa shape index (κ1) is 28.8. The van der Waals surface area contributed by atoms with Crippen molar-refractivity contribution in [3.05, 3.63) is 66.0 Å². The zero-order chi connectivity index (χ0) is 25.9. The fraction of sp³-hybridized carbons (Fsp3) is 0.381. The van der Waals surface area contributed by atoms with Crippen LogP contribution in [0.5, 0.6) is 0 Å². The number of aliphatic hydroxyl groups excluding tert-OH is 1. The summed E-state index contributed by atoms with van der Waals surface area (Å²) in [5, 5.41) is 24.5. The van der Waals surface area contributed by atoms with Gasteiger partial charge in [-0.05, 0) is 30.5 Å². The number of halogens is 6. The van der Waals surface area contributed by atoms with E-state index in [2.05, 4.69) is 34.1 Å². The van der Waals surface area contributed by atoms with Crippen molar-refractivity contribution < 1.29 is 51.3 Å². The van der Waals surface area contributed by atoms with Crippen molar-refractivity contribution in [3.8, 4) is 0 Å². The number of nitrogens with zero attached hydrogens (tertiary/aromatic N) is 2. The number of benzene rings is 1. The molecule has 0 bridgehead atoms. The number of hydrogen-bond acceptors (Lipinski definition) is 5. The third-order valence-electron chi connectivity index (χ3n) is 4.49. The van der Waals surface area contributed by atoms with Crippen molar-refractivity contribution >= 4 is 11.9 Å². The van der Waals surface area contributed by atoms with Crippen LogP contribution in [0.1, 0.15) is 17.7 Å². The Morgan fingerprint density at radius 1 is 0.912 bits per heavy atom. The Hall–Kier alpha value is -3.19. The average molecular weight is 496 g/mol. The van der Waals surface area contributed by atoms with E-state index in [1.807, 2.05) is 30.5 Å². The first-order valence-electron chi connectivity index (χ1n) is 9.68. The number of rotatable bonds is 4. The smallest absolute Gasteiger partial charge is 0.475 e. The van der Waals surface area contributed by atoms with Crippen LogP contribution in [0, 0.1) is 0 Å². The molecule has 7 nitrogen and oxygen atoms in total. The minimum Gasteiger partial charge on any atom is -0.475 e. The van der Waals surface area contributed by atoms with Gasteiger partial charge >= 0.3 is 24.3 Å². The van der Waals surface area contributed by atoms with E-state index < -0.39 is 24.3 Å². The summed E-state index contributed by atoms with van der Waals surface area (Å²) in [6, 6.07) is 16.6. The van der Waals surface area contributed by atoms with Crippen LogP contribution in [0.3, 0.4) is 0 Å². The zero-order valence-corrected chi connectivity index (χ0v) is 17.5. The summed E-state index contributed by atoms with van der Waals surface area (Å²) >= 11 is 0. The minimum atomic E-state index is -5.08. The molecule has 1 fully saturated rings. The maximum atomic E-state index is 10.6. The Kier molecular flexibility index (Phi) is 10.9. The molecule has 0 unspecified atom stereocenters. The molecule has 13 heteroatoms. The standard InChI is InChI=1S/C17H20N2O.2C2HF3O2/c20-17-9-11-19(13-15-8-4-5-10-18-15)16(17)12-14-6-2-1-3-7-14;2*3-2(4,5)1(6)7/h1-8,10,16-17,20H,9,11-13H2;2*(H,6,7)/t16-,17+;;/m0../s1. The molecule has 0 amide bonds. The lowest BCUT2D eigenvalue weighted by atomic mass is 10.0. The van der Waals surface area contributed by atoms with Gasteiger partial charge in [-0.15, -0.1) is 0 Å². The summed E-state index contributed by atoms with van der Waals surface area (Å²) in [5.74, 6) is -5.51. The number of aliphatic carboxylic acids is 2. The van der Waals surface area contributed by atoms with Crippen molar-refractivity contribution in [2.24, 2.45) is 0 Å². The normalized spacial score (nSPS) is 18.2. The molecular formula is C21H22F6N2O5. The molecule has 1 aromatic heterocycles. The van der Waals surface area contributed by atoms with Crippen LogP contribution in [0.15, 0.2) is 54.7 Å². The van der Waals surface area contributed by atoms with Gasteiger partial charge in [-0.1, -0.05) is 36.4 Å². The van der Waals surface area contributed by atoms with Gasteiger partial charge in [-0.25, -0.2) is 9.59 Å². The zero-order valence-electron chi connectivity index (χ0n) is 17.5. The first-order chi connectivity index (χ1) is 15.7. The highest BCUT2D eigenvalue weighted by atomic mass is 19.4. The van der Waals surface area contributed by atoms with Gasteiger partial charge in [0, 0.05) is 25.3 Å². The van der Waals surface area contributed by atoms with Crippen LogP contribution >= 0.6 is 0 Å². The van der Waals surface area contributed by atoms with Crippen LogP contribution in [0.4, 0.5) is 26.3 Å². The van der Waals surface area contributed by atoms with Crippen LogP contribution in [-0.2, 0) is 22.6 Å². The molecule has 34 heavy (non-hydrogen) atoms. The molecule has 0 spiro atoms. The van der Waals surface area contributed by atoms with Crippen molar-refractivity contribution in [2.45, 2.75) is 43.9 Å². The number of carboxylic acid groups (broad SMARTS) is 2. The first-order valence-corrected chi connectivity index (χ1v) is 9.68. The van der Waals surface area contributed by atoms with Gasteiger partial charge in [0.15, 0.2) is 0 Å². The van der Waals surface area contributed by atoms with Gasteiger partial charge in [0.1, 0.15) is 0 Å². The lowest BCUT2D eigenvalue weighted by Gasteiger charge is -2.26. The number of alkyl halides is 6. The SMILES string of the molecule is O=C(O)C(F)(F)F.O=C(O)C(F)(F)F.O[C@@H]1CCN(Cc2ccccn2)[C@H]1Cc1ccccc1. The van der Waals surface area contributed by atoms with Gasteiger partial charge in [0.2, 0.25) is 0 Å². The number of carboxylic acids is 2. The second-order valence-corrected chi connectivity index (χ2v) is 7.01. The molecule has 1 aliphatic heterocycles. The predicted octanol–water partition coefficient (Wildman–Crippen LogP) is 3.53. The number of carbonyl (C=O) groups is 2. The van der Waals surface area contributed by atoms with Crippen molar-refractivity contribution in [1.29, 1.82) is 0 Å². The number of aliphatic hydroxyl groups is 1. The highest BCUT2D eigenvalue weighted by Gasteiger charge is 2.39. The molecule has 0 radical (unpaired) electrons. The highest BCUT2D eigenvalue weighted by Crippen LogP contribution is 2.23. The number of pyridine rings is 1. The summed E-state index contributed by atoms with van der Waals surface area (Å²) in [4.78, 5) is 24.5. The minimum absolute atomic E-state index is 0.194. The summed E-state index contributed by atoms with van der Waals surface area (Å²) < 4.78 is 63.5. The lowest BCUT2D eigenvalue weighted by molar-refractivity contribution is -0.193. The fourth-order valence-electron chi connectivity index (χ4n) is 2.92. The van der Waals surface area contributed by atoms with Crippen LogP contribution < -0.4 is 0 Å². The van der Waals surface area contributed by atoms with E-state index >= 15 is 0 Å². The Morgan fingerprint density at radius 2 is 1.41 bits per heavy atom. The number of aromatic nitrogens is 1. The van der Waals surface area contributed by atoms with E-state index in [-0.39, 0.29) is 12.1 Å². The van der Waals surface area contributed by atoms with Crippen LogP contribution in [-0.4, -0.2) is 68.2 Å². The Morgan fingerprint density at radius 3 is 1.85 bits per heavy atom. The molecule has 3 rings (SSSR count). The summed E-state index contributed by atoms with van der Waals surface area (Å²) in [5.41, 5.74) is 2.35. The Balaban J connectivity index is 0.000000343. The molecular weight excluding hydrogens is 474 g/mol. The van der Waals surface area contributed by atoms with Gasteiger partial charge in [-0.3, -0.25) is 9.88 Å². The molecule has 2 heterocycles. The quantitative estimate of drug-likeness (QED) is 0.556. The van der Waals surface area contributed by atoms with Gasteiger partial charge < -0.3 is 15.3 Å². The predicted molar refractivity (Wildman–Crippen MR) is 107 cm³/mol. The molecule has 2 atom stereocenters. The lowest BCUT2D eigenvalue weighted by Crippen LogP contribution is -2.36.